The molecule has 2 N–H and O–H groups in total. The molecule has 0 saturated carbocycles. The van der Waals surface area contributed by atoms with Crippen LogP contribution in [0.15, 0.2) is 29.3 Å². The lowest BCUT2D eigenvalue weighted by Gasteiger charge is -2.35. The van der Waals surface area contributed by atoms with Gasteiger partial charge in [0, 0.05) is 46.9 Å². The Morgan fingerprint density at radius 2 is 1.70 bits per heavy atom. The standard InChI is InChI=1S/C23H40N4O2.HI/c1-17-14-27(15-18(2)29-17)16-20-10-8-19(9-11-20)12-25-22(24-6)26-13-21(28-7)23(3,4)5;/h8-11,17-18,21H,12-16H2,1-7H3,(H2,24,25,26);1H. The van der Waals surface area contributed by atoms with E-state index in [1.54, 1.807) is 14.2 Å². The number of aliphatic imine (C=N–C) groups is 1. The fraction of sp³-hybridized carbons (Fsp3) is 0.696. The zero-order chi connectivity index (χ0) is 21.4. The average Bonchev–Trinajstić information content (AvgIpc) is 2.64. The number of guanidine groups is 1. The third-order valence-electron chi connectivity index (χ3n) is 5.31. The Hall–Kier alpha value is -0.900. The van der Waals surface area contributed by atoms with Crippen molar-refractivity contribution >= 4 is 29.9 Å². The van der Waals surface area contributed by atoms with E-state index in [0.29, 0.717) is 12.2 Å². The number of hydrogen-bond acceptors (Lipinski definition) is 4. The van der Waals surface area contributed by atoms with Crippen molar-refractivity contribution in [2.45, 2.75) is 66.0 Å². The van der Waals surface area contributed by atoms with Crippen LogP contribution in [0.25, 0.3) is 0 Å². The van der Waals surface area contributed by atoms with Gasteiger partial charge in [0.05, 0.1) is 18.3 Å². The summed E-state index contributed by atoms with van der Waals surface area (Å²) in [6.45, 7) is 15.2. The lowest BCUT2D eigenvalue weighted by molar-refractivity contribution is -0.0704. The molecule has 7 heteroatoms. The van der Waals surface area contributed by atoms with Gasteiger partial charge in [-0.1, -0.05) is 45.0 Å². The van der Waals surface area contributed by atoms with Gasteiger partial charge in [-0.3, -0.25) is 9.89 Å². The van der Waals surface area contributed by atoms with Crippen molar-refractivity contribution in [3.63, 3.8) is 0 Å². The molecule has 30 heavy (non-hydrogen) atoms. The molecule has 3 atom stereocenters. The Labute approximate surface area is 200 Å². The topological polar surface area (TPSA) is 58.1 Å². The Kier molecular flexibility index (Phi) is 11.6. The molecule has 2 rings (SSSR count). The van der Waals surface area contributed by atoms with E-state index in [9.17, 15) is 0 Å². The van der Waals surface area contributed by atoms with E-state index in [0.717, 1.165) is 38.7 Å². The molecular formula is C23H41IN4O2. The van der Waals surface area contributed by atoms with Crippen molar-refractivity contribution in [1.29, 1.82) is 0 Å². The maximum atomic E-state index is 5.82. The normalized spacial score (nSPS) is 21.6. The summed E-state index contributed by atoms with van der Waals surface area (Å²) in [5.41, 5.74) is 2.65. The SMILES string of the molecule is CN=C(NCc1ccc(CN2CC(C)OC(C)C2)cc1)NCC(OC)C(C)(C)C.I. The third-order valence-corrected chi connectivity index (χ3v) is 5.31. The first-order valence-electron chi connectivity index (χ1n) is 10.6. The zero-order valence-electron chi connectivity index (χ0n) is 19.7. The van der Waals surface area contributed by atoms with Crippen LogP contribution in [0.2, 0.25) is 0 Å². The molecular weight excluding hydrogens is 491 g/mol. The van der Waals surface area contributed by atoms with Crippen molar-refractivity contribution in [3.05, 3.63) is 35.4 Å². The Bertz CT molecular complexity index is 636. The van der Waals surface area contributed by atoms with Crippen LogP contribution in [0.1, 0.15) is 45.7 Å². The highest BCUT2D eigenvalue weighted by atomic mass is 127. The molecule has 1 heterocycles. The van der Waals surface area contributed by atoms with E-state index >= 15 is 0 Å². The number of benzene rings is 1. The molecule has 3 unspecified atom stereocenters. The first kappa shape index (κ1) is 27.1. The van der Waals surface area contributed by atoms with Gasteiger partial charge in [-0.15, -0.1) is 24.0 Å². The molecule has 1 aliphatic rings. The van der Waals surface area contributed by atoms with Gasteiger partial charge in [0.1, 0.15) is 0 Å². The van der Waals surface area contributed by atoms with Crippen molar-refractivity contribution in [2.75, 3.05) is 33.8 Å². The van der Waals surface area contributed by atoms with Crippen molar-refractivity contribution in [2.24, 2.45) is 10.4 Å². The highest BCUT2D eigenvalue weighted by Gasteiger charge is 2.24. The maximum Gasteiger partial charge on any atom is 0.191 e. The predicted molar refractivity (Wildman–Crippen MR) is 136 cm³/mol. The van der Waals surface area contributed by atoms with E-state index in [4.69, 9.17) is 9.47 Å². The molecule has 1 aromatic rings. The maximum absolute atomic E-state index is 5.82. The summed E-state index contributed by atoms with van der Waals surface area (Å²) in [5.74, 6) is 0.789. The highest BCUT2D eigenvalue weighted by Crippen LogP contribution is 2.21. The summed E-state index contributed by atoms with van der Waals surface area (Å²) in [4.78, 5) is 6.79. The molecule has 0 radical (unpaired) electrons. The Morgan fingerprint density at radius 3 is 2.20 bits per heavy atom. The molecule has 0 bridgehead atoms. The van der Waals surface area contributed by atoms with Gasteiger partial charge in [-0.2, -0.15) is 0 Å². The van der Waals surface area contributed by atoms with Crippen molar-refractivity contribution in [3.8, 4) is 0 Å². The van der Waals surface area contributed by atoms with Crippen LogP contribution in [0.3, 0.4) is 0 Å². The van der Waals surface area contributed by atoms with E-state index in [1.807, 2.05) is 0 Å². The average molecular weight is 533 g/mol. The molecule has 172 valence electrons. The van der Waals surface area contributed by atoms with E-state index in [2.05, 4.69) is 79.4 Å². The quantitative estimate of drug-likeness (QED) is 0.319. The lowest BCUT2D eigenvalue weighted by atomic mass is 9.89. The van der Waals surface area contributed by atoms with Crippen LogP contribution in [0, 0.1) is 5.41 Å². The molecule has 1 saturated heterocycles. The number of nitrogens with one attached hydrogen (secondary N) is 2. The van der Waals surface area contributed by atoms with E-state index in [-0.39, 0.29) is 35.5 Å². The van der Waals surface area contributed by atoms with Crippen LogP contribution in [0.4, 0.5) is 0 Å². The number of ether oxygens (including phenoxy) is 2. The molecule has 0 amide bonds. The van der Waals surface area contributed by atoms with E-state index in [1.165, 1.54) is 11.1 Å². The molecule has 1 aliphatic heterocycles. The smallest absolute Gasteiger partial charge is 0.191 e. The van der Waals surface area contributed by atoms with Gasteiger partial charge in [0.25, 0.3) is 0 Å². The van der Waals surface area contributed by atoms with Crippen LogP contribution < -0.4 is 10.6 Å². The second kappa shape index (κ2) is 12.8. The van der Waals surface area contributed by atoms with Crippen LogP contribution in [-0.2, 0) is 22.6 Å². The third kappa shape index (κ3) is 9.08. The van der Waals surface area contributed by atoms with Gasteiger partial charge in [0.2, 0.25) is 0 Å². The highest BCUT2D eigenvalue weighted by molar-refractivity contribution is 14.0. The summed E-state index contributed by atoms with van der Waals surface area (Å²) in [6, 6.07) is 8.82. The minimum Gasteiger partial charge on any atom is -0.379 e. The van der Waals surface area contributed by atoms with Gasteiger partial charge in [-0.05, 0) is 30.4 Å². The second-order valence-corrected chi connectivity index (χ2v) is 9.16. The summed E-state index contributed by atoms with van der Waals surface area (Å²) in [5, 5.41) is 6.75. The lowest BCUT2D eigenvalue weighted by Crippen LogP contribution is -2.45. The Morgan fingerprint density at radius 1 is 1.13 bits per heavy atom. The molecule has 6 nitrogen and oxygen atoms in total. The summed E-state index contributed by atoms with van der Waals surface area (Å²) < 4.78 is 11.4. The van der Waals surface area contributed by atoms with Crippen LogP contribution in [-0.4, -0.2) is 63.0 Å². The largest absolute Gasteiger partial charge is 0.379 e. The van der Waals surface area contributed by atoms with Crippen molar-refractivity contribution < 1.29 is 9.47 Å². The number of hydrogen-bond donors (Lipinski definition) is 2. The molecule has 1 fully saturated rings. The number of methoxy groups -OCH3 is 1. The summed E-state index contributed by atoms with van der Waals surface area (Å²) >= 11 is 0. The number of morpholine rings is 1. The first-order chi connectivity index (χ1) is 13.7. The van der Waals surface area contributed by atoms with Gasteiger partial charge in [-0.25, -0.2) is 0 Å². The van der Waals surface area contributed by atoms with Crippen LogP contribution >= 0.6 is 24.0 Å². The molecule has 0 aromatic heterocycles. The monoisotopic (exact) mass is 532 g/mol. The fourth-order valence-corrected chi connectivity index (χ4v) is 3.77. The number of nitrogens with zero attached hydrogens (tertiary/aromatic N) is 2. The zero-order valence-corrected chi connectivity index (χ0v) is 22.0. The Balaban J connectivity index is 0.00000450. The fourth-order valence-electron chi connectivity index (χ4n) is 3.77. The summed E-state index contributed by atoms with van der Waals surface area (Å²) in [7, 11) is 3.55. The molecule has 0 spiro atoms. The van der Waals surface area contributed by atoms with Gasteiger partial charge >= 0.3 is 0 Å². The van der Waals surface area contributed by atoms with Crippen LogP contribution in [0.5, 0.6) is 0 Å². The minimum absolute atomic E-state index is 0. The number of halogens is 1. The second-order valence-electron chi connectivity index (χ2n) is 9.16. The molecule has 1 aromatic carbocycles. The van der Waals surface area contributed by atoms with Gasteiger partial charge < -0.3 is 20.1 Å². The summed E-state index contributed by atoms with van der Waals surface area (Å²) in [6.07, 6.45) is 0.723. The number of rotatable bonds is 7. The van der Waals surface area contributed by atoms with E-state index < -0.39 is 0 Å². The molecule has 0 aliphatic carbocycles. The minimum atomic E-state index is 0. The first-order valence-corrected chi connectivity index (χ1v) is 10.6. The predicted octanol–water partition coefficient (Wildman–Crippen LogP) is 3.64. The van der Waals surface area contributed by atoms with Gasteiger partial charge in [0.15, 0.2) is 5.96 Å². The van der Waals surface area contributed by atoms with Crippen molar-refractivity contribution in [1.82, 2.24) is 15.5 Å².